The monoisotopic (exact) mass is 404 g/mol. The topological polar surface area (TPSA) is 176 Å². The van der Waals surface area contributed by atoms with Crippen LogP contribution >= 0.6 is 12.2 Å². The Morgan fingerprint density at radius 3 is 1.64 bits per heavy atom. The fraction of sp³-hybridized carbons (Fsp3) is 0. The molecule has 13 heteroatoms. The third kappa shape index (κ3) is 5.43. The van der Waals surface area contributed by atoms with E-state index in [4.69, 9.17) is 12.2 Å². The van der Waals surface area contributed by atoms with Crippen molar-refractivity contribution in [2.45, 2.75) is 0 Å². The number of nitrogens with one attached hydrogen (secondary N) is 2. The molecule has 0 saturated carbocycles. The van der Waals surface area contributed by atoms with Gasteiger partial charge in [-0.05, 0) is 24.4 Å². The van der Waals surface area contributed by atoms with E-state index in [-0.39, 0.29) is 39.1 Å². The average Bonchev–Trinajstić information content (AvgIpc) is 2.64. The maximum atomic E-state index is 10.7. The Bertz CT molecular complexity index is 915. The Hall–Kier alpha value is -4.13. The van der Waals surface area contributed by atoms with E-state index in [0.29, 0.717) is 0 Å². The Morgan fingerprint density at radius 1 is 0.893 bits per heavy atom. The Kier molecular flexibility index (Phi) is 6.49. The maximum Gasteiger partial charge on any atom is 0.270 e. The molecule has 0 aliphatic rings. The second-order valence-electron chi connectivity index (χ2n) is 5.07. The number of nitrogens with zero attached hydrogens (tertiary/aromatic N) is 4. The highest BCUT2D eigenvalue weighted by atomic mass is 32.1. The van der Waals surface area contributed by atoms with Crippen LogP contribution in [-0.2, 0) is 0 Å². The number of aromatic hydroxyl groups is 2. The zero-order valence-electron chi connectivity index (χ0n) is 13.8. The van der Waals surface area contributed by atoms with Crippen LogP contribution in [0.4, 0.5) is 11.4 Å². The van der Waals surface area contributed by atoms with Gasteiger partial charge in [0, 0.05) is 35.4 Å². The lowest BCUT2D eigenvalue weighted by molar-refractivity contribution is -0.385. The summed E-state index contributed by atoms with van der Waals surface area (Å²) in [7, 11) is 0. The summed E-state index contributed by atoms with van der Waals surface area (Å²) < 4.78 is 0. The number of phenolic OH excluding ortho intramolecular Hbond substituents is 2. The van der Waals surface area contributed by atoms with E-state index in [0.717, 1.165) is 48.8 Å². The first kappa shape index (κ1) is 20.2. The van der Waals surface area contributed by atoms with Crippen molar-refractivity contribution in [1.82, 2.24) is 10.9 Å². The van der Waals surface area contributed by atoms with Crippen molar-refractivity contribution < 1.29 is 20.1 Å². The first-order chi connectivity index (χ1) is 13.3. The van der Waals surface area contributed by atoms with Crippen molar-refractivity contribution in [3.05, 3.63) is 67.8 Å². The standard InChI is InChI=1S/C15H12N6O6S/c22-13-3-1-11(20(24)25)5-9(13)7-16-18-15(28)19-17-8-10-6-12(21(26)27)2-4-14(10)23/h1-8,22-23H,(H2,18,19,28). The quantitative estimate of drug-likeness (QED) is 0.242. The minimum atomic E-state index is -0.617. The third-order valence-electron chi connectivity index (χ3n) is 3.18. The van der Waals surface area contributed by atoms with E-state index in [1.165, 1.54) is 0 Å². The number of hydrogen-bond acceptors (Lipinski definition) is 9. The van der Waals surface area contributed by atoms with Gasteiger partial charge in [-0.3, -0.25) is 31.1 Å². The molecule has 0 spiro atoms. The van der Waals surface area contributed by atoms with Crippen LogP contribution in [-0.4, -0.2) is 37.6 Å². The molecule has 0 heterocycles. The largest absolute Gasteiger partial charge is 0.507 e. The van der Waals surface area contributed by atoms with Crippen LogP contribution in [0.1, 0.15) is 11.1 Å². The van der Waals surface area contributed by atoms with E-state index in [2.05, 4.69) is 21.1 Å². The van der Waals surface area contributed by atoms with Crippen LogP contribution in [0.2, 0.25) is 0 Å². The van der Waals surface area contributed by atoms with E-state index < -0.39 is 9.85 Å². The van der Waals surface area contributed by atoms with E-state index in [1.54, 1.807) is 0 Å². The number of non-ortho nitro benzene ring substituents is 2. The molecule has 2 aromatic rings. The molecule has 0 bridgehead atoms. The second kappa shape index (κ2) is 9.00. The lowest BCUT2D eigenvalue weighted by Gasteiger charge is -2.02. The number of thiocarbonyl (C=S) groups is 1. The first-order valence-corrected chi connectivity index (χ1v) is 7.75. The summed E-state index contributed by atoms with van der Waals surface area (Å²) in [6, 6.07) is 6.85. The molecule has 2 aromatic carbocycles. The van der Waals surface area contributed by atoms with Gasteiger partial charge in [0.05, 0.1) is 22.3 Å². The van der Waals surface area contributed by atoms with Gasteiger partial charge in [0.25, 0.3) is 11.4 Å². The van der Waals surface area contributed by atoms with E-state index >= 15 is 0 Å². The number of benzene rings is 2. The SMILES string of the molecule is O=[N+]([O-])c1ccc(O)c(C=NNC(=S)NN=Cc2cc([N+](=O)[O-])ccc2O)c1. The van der Waals surface area contributed by atoms with Crippen molar-refractivity contribution in [2.24, 2.45) is 10.2 Å². The lowest BCUT2D eigenvalue weighted by Crippen LogP contribution is -2.28. The summed E-state index contributed by atoms with van der Waals surface area (Å²) in [5.41, 5.74) is 4.47. The molecule has 0 fully saturated rings. The van der Waals surface area contributed by atoms with Crippen LogP contribution in [0.5, 0.6) is 11.5 Å². The Labute approximate surface area is 162 Å². The normalized spacial score (nSPS) is 10.9. The minimum absolute atomic E-state index is 0.0812. The Morgan fingerprint density at radius 2 is 1.29 bits per heavy atom. The number of phenols is 2. The number of nitro groups is 2. The van der Waals surface area contributed by atoms with Crippen molar-refractivity contribution in [1.29, 1.82) is 0 Å². The van der Waals surface area contributed by atoms with Crippen LogP contribution in [0.3, 0.4) is 0 Å². The molecule has 28 heavy (non-hydrogen) atoms. The van der Waals surface area contributed by atoms with Gasteiger partial charge in [0.15, 0.2) is 0 Å². The Balaban J connectivity index is 1.96. The predicted octanol–water partition coefficient (Wildman–Crippen LogP) is 1.75. The van der Waals surface area contributed by atoms with Gasteiger partial charge in [-0.15, -0.1) is 0 Å². The minimum Gasteiger partial charge on any atom is -0.507 e. The van der Waals surface area contributed by atoms with Gasteiger partial charge in [-0.2, -0.15) is 10.2 Å². The smallest absolute Gasteiger partial charge is 0.270 e. The predicted molar refractivity (Wildman–Crippen MR) is 104 cm³/mol. The molecule has 0 aliphatic carbocycles. The first-order valence-electron chi connectivity index (χ1n) is 7.35. The van der Waals surface area contributed by atoms with Crippen molar-refractivity contribution >= 4 is 41.1 Å². The zero-order chi connectivity index (χ0) is 20.7. The van der Waals surface area contributed by atoms with Crippen molar-refractivity contribution in [2.75, 3.05) is 0 Å². The van der Waals surface area contributed by atoms with Crippen LogP contribution in [0.25, 0.3) is 0 Å². The van der Waals surface area contributed by atoms with Gasteiger partial charge >= 0.3 is 0 Å². The van der Waals surface area contributed by atoms with Crippen LogP contribution in [0.15, 0.2) is 46.6 Å². The molecule has 2 rings (SSSR count). The van der Waals surface area contributed by atoms with Crippen molar-refractivity contribution in [3.63, 3.8) is 0 Å². The fourth-order valence-electron chi connectivity index (χ4n) is 1.86. The molecule has 144 valence electrons. The molecule has 0 aliphatic heterocycles. The molecule has 12 nitrogen and oxygen atoms in total. The summed E-state index contributed by atoms with van der Waals surface area (Å²) in [6.07, 6.45) is 2.23. The highest BCUT2D eigenvalue weighted by Crippen LogP contribution is 2.22. The molecule has 0 aromatic heterocycles. The number of hydrogen-bond donors (Lipinski definition) is 4. The molecule has 0 radical (unpaired) electrons. The molecular weight excluding hydrogens is 392 g/mol. The van der Waals surface area contributed by atoms with Gasteiger partial charge in [-0.1, -0.05) is 0 Å². The highest BCUT2D eigenvalue weighted by Gasteiger charge is 2.09. The third-order valence-corrected chi connectivity index (χ3v) is 3.37. The highest BCUT2D eigenvalue weighted by molar-refractivity contribution is 7.80. The van der Waals surface area contributed by atoms with E-state index in [1.807, 2.05) is 0 Å². The van der Waals surface area contributed by atoms with Crippen LogP contribution < -0.4 is 10.9 Å². The van der Waals surface area contributed by atoms with Gasteiger partial charge in [-0.25, -0.2) is 0 Å². The number of hydrazone groups is 2. The van der Waals surface area contributed by atoms with Crippen molar-refractivity contribution in [3.8, 4) is 11.5 Å². The molecular formula is C15H12N6O6S. The molecule has 0 unspecified atom stereocenters. The summed E-state index contributed by atoms with van der Waals surface area (Å²) in [4.78, 5) is 20.2. The second-order valence-corrected chi connectivity index (χ2v) is 5.48. The van der Waals surface area contributed by atoms with E-state index in [9.17, 15) is 30.4 Å². The zero-order valence-corrected chi connectivity index (χ0v) is 14.7. The fourth-order valence-corrected chi connectivity index (χ4v) is 1.97. The summed E-state index contributed by atoms with van der Waals surface area (Å²) in [5, 5.41) is 48.1. The number of rotatable bonds is 6. The molecule has 0 saturated heterocycles. The van der Waals surface area contributed by atoms with Gasteiger partial charge < -0.3 is 10.2 Å². The number of nitro benzene ring substituents is 2. The lowest BCUT2D eigenvalue weighted by atomic mass is 10.2. The molecule has 0 amide bonds. The summed E-state index contributed by atoms with van der Waals surface area (Å²) in [6.45, 7) is 0. The van der Waals surface area contributed by atoms with Gasteiger partial charge in [0.1, 0.15) is 11.5 Å². The summed E-state index contributed by atoms with van der Waals surface area (Å²) >= 11 is 4.89. The van der Waals surface area contributed by atoms with Gasteiger partial charge in [0.2, 0.25) is 5.11 Å². The van der Waals surface area contributed by atoms with Crippen LogP contribution in [0, 0.1) is 20.2 Å². The maximum absolute atomic E-state index is 10.7. The molecule has 0 atom stereocenters. The average molecular weight is 404 g/mol. The molecule has 4 N–H and O–H groups in total. The summed E-state index contributed by atoms with van der Waals surface area (Å²) in [5.74, 6) is -0.427.